The van der Waals surface area contributed by atoms with Crippen molar-refractivity contribution in [3.8, 4) is 11.4 Å². The fourth-order valence-electron chi connectivity index (χ4n) is 4.14. The molecule has 1 atom stereocenters. The van der Waals surface area contributed by atoms with E-state index in [9.17, 15) is 22.8 Å². The molecule has 0 unspecified atom stereocenters. The predicted molar refractivity (Wildman–Crippen MR) is 126 cm³/mol. The average molecular weight is 542 g/mol. The number of aliphatic carboxylic acids is 1. The highest BCUT2D eigenvalue weighted by Crippen LogP contribution is 2.30. The van der Waals surface area contributed by atoms with Gasteiger partial charge in [-0.25, -0.2) is 9.59 Å². The lowest BCUT2D eigenvalue weighted by atomic mass is 9.96. The maximum Gasteiger partial charge on any atom is 0.490 e. The minimum Gasteiger partial charge on any atom is -0.475 e. The Bertz CT molecular complexity index is 1110. The molecule has 0 aromatic carbocycles. The molecule has 0 saturated carbocycles. The maximum absolute atomic E-state index is 13.1. The van der Waals surface area contributed by atoms with Gasteiger partial charge in [0.25, 0.3) is 0 Å². The van der Waals surface area contributed by atoms with Crippen LogP contribution in [0.15, 0.2) is 29.0 Å². The van der Waals surface area contributed by atoms with Crippen molar-refractivity contribution in [2.75, 3.05) is 19.6 Å². The normalized spacial score (nSPS) is 18.5. The van der Waals surface area contributed by atoms with Gasteiger partial charge in [-0.2, -0.15) is 18.2 Å². The van der Waals surface area contributed by atoms with Gasteiger partial charge < -0.3 is 19.3 Å². The smallest absolute Gasteiger partial charge is 0.475 e. The highest BCUT2D eigenvalue weighted by atomic mass is 19.4. The number of ether oxygens (including phenoxy) is 1. The van der Waals surface area contributed by atoms with E-state index in [1.54, 1.807) is 17.3 Å². The number of piperidine rings is 1. The van der Waals surface area contributed by atoms with E-state index in [0.29, 0.717) is 37.8 Å². The number of alkyl halides is 3. The molecular weight excluding hydrogens is 511 g/mol. The van der Waals surface area contributed by atoms with Gasteiger partial charge in [-0.3, -0.25) is 14.7 Å². The second-order valence-corrected chi connectivity index (χ2v) is 9.93. The Morgan fingerprint density at radius 2 is 1.66 bits per heavy atom. The van der Waals surface area contributed by atoms with E-state index in [1.807, 2.05) is 37.8 Å². The number of carboxylic acids is 1. The van der Waals surface area contributed by atoms with Crippen molar-refractivity contribution >= 4 is 18.0 Å². The summed E-state index contributed by atoms with van der Waals surface area (Å²) in [5.74, 6) is -1.47. The van der Waals surface area contributed by atoms with Gasteiger partial charge in [0.05, 0.1) is 0 Å². The minimum absolute atomic E-state index is 0.00446. The first-order valence-electron chi connectivity index (χ1n) is 12.1. The number of rotatable bonds is 3. The quantitative estimate of drug-likeness (QED) is 0.613. The van der Waals surface area contributed by atoms with E-state index >= 15 is 0 Å². The van der Waals surface area contributed by atoms with Crippen LogP contribution >= 0.6 is 0 Å². The molecule has 0 radical (unpaired) electrons. The van der Waals surface area contributed by atoms with Crippen molar-refractivity contribution in [1.29, 1.82) is 0 Å². The molecule has 38 heavy (non-hydrogen) atoms. The molecule has 2 amide bonds. The topological polar surface area (TPSA) is 139 Å². The van der Waals surface area contributed by atoms with Crippen molar-refractivity contribution in [3.63, 3.8) is 0 Å². The summed E-state index contributed by atoms with van der Waals surface area (Å²) < 4.78 is 42.7. The van der Waals surface area contributed by atoms with Crippen molar-refractivity contribution in [1.82, 2.24) is 24.9 Å². The predicted octanol–water partition coefficient (Wildman–Crippen LogP) is 3.87. The zero-order valence-corrected chi connectivity index (χ0v) is 21.3. The molecule has 2 aliphatic rings. The van der Waals surface area contributed by atoms with Gasteiger partial charge >= 0.3 is 18.2 Å². The molecule has 1 N–H and O–H groups in total. The summed E-state index contributed by atoms with van der Waals surface area (Å²) >= 11 is 0. The number of pyridine rings is 1. The molecule has 2 aliphatic heterocycles. The molecule has 0 spiro atoms. The first kappa shape index (κ1) is 28.9. The number of carboxylic acid groups (broad SMARTS) is 1. The molecule has 2 saturated heterocycles. The first-order valence-corrected chi connectivity index (χ1v) is 12.1. The summed E-state index contributed by atoms with van der Waals surface area (Å²) in [5.41, 5.74) is 0.284. The number of carbonyl (C=O) groups is 3. The molecule has 4 rings (SSSR count). The third-order valence-electron chi connectivity index (χ3n) is 5.94. The number of hydrogen-bond acceptors (Lipinski definition) is 8. The van der Waals surface area contributed by atoms with E-state index < -0.39 is 29.9 Å². The molecule has 0 aliphatic carbocycles. The molecule has 2 aromatic heterocycles. The highest BCUT2D eigenvalue weighted by Gasteiger charge is 2.40. The fraction of sp³-hybridized carbons (Fsp3) is 0.583. The number of likely N-dealkylation sites (tertiary alicyclic amines) is 2. The zero-order valence-electron chi connectivity index (χ0n) is 21.3. The lowest BCUT2D eigenvalue weighted by Crippen LogP contribution is -2.50. The summed E-state index contributed by atoms with van der Waals surface area (Å²) in [6, 6.07) is 3.25. The standard InChI is InChI=1S/C22H29N5O4.C2HF3O2/c1-22(2,3)30-21(29)27-12-4-5-17(27)20(28)26-13-8-16(9-14-26)19-24-18(25-31-19)15-6-10-23-11-7-15;3-2(4,5)1(6)7/h6-7,10-11,16-17H,4-5,8-9,12-14H2,1-3H3;(H,6,7)/t17-;/m1./s1. The van der Waals surface area contributed by atoms with Crippen LogP contribution in [0.5, 0.6) is 0 Å². The Balaban J connectivity index is 0.000000505. The van der Waals surface area contributed by atoms with Crippen LogP contribution in [-0.4, -0.2) is 85.5 Å². The summed E-state index contributed by atoms with van der Waals surface area (Å²) in [6.07, 6.45) is 0.889. The van der Waals surface area contributed by atoms with Gasteiger partial charge in [-0.05, 0) is 58.6 Å². The first-order chi connectivity index (χ1) is 17.8. The van der Waals surface area contributed by atoms with Crippen LogP contribution < -0.4 is 0 Å². The van der Waals surface area contributed by atoms with Crippen molar-refractivity contribution in [3.05, 3.63) is 30.4 Å². The van der Waals surface area contributed by atoms with Crippen LogP contribution in [0.1, 0.15) is 58.3 Å². The third-order valence-corrected chi connectivity index (χ3v) is 5.94. The molecule has 208 valence electrons. The SMILES string of the molecule is CC(C)(C)OC(=O)N1CCC[C@@H]1C(=O)N1CCC(c2nc(-c3ccncc3)no2)CC1.O=C(O)C(F)(F)F. The Hall–Kier alpha value is -3.71. The Labute approximate surface area is 216 Å². The van der Waals surface area contributed by atoms with Gasteiger partial charge in [-0.15, -0.1) is 0 Å². The van der Waals surface area contributed by atoms with Crippen LogP contribution in [0.2, 0.25) is 0 Å². The number of carbonyl (C=O) groups excluding carboxylic acids is 2. The van der Waals surface area contributed by atoms with Crippen LogP contribution in [0.3, 0.4) is 0 Å². The second-order valence-electron chi connectivity index (χ2n) is 9.93. The van der Waals surface area contributed by atoms with E-state index in [4.69, 9.17) is 19.2 Å². The van der Waals surface area contributed by atoms with E-state index in [0.717, 1.165) is 24.8 Å². The molecule has 2 aromatic rings. The maximum atomic E-state index is 13.1. The minimum atomic E-state index is -5.08. The van der Waals surface area contributed by atoms with E-state index in [2.05, 4.69) is 15.1 Å². The van der Waals surface area contributed by atoms with Gasteiger partial charge in [0.1, 0.15) is 11.6 Å². The number of halogens is 3. The van der Waals surface area contributed by atoms with Crippen molar-refractivity contribution in [2.24, 2.45) is 0 Å². The molecular formula is C24H30F3N5O6. The van der Waals surface area contributed by atoms with E-state index in [1.165, 1.54) is 0 Å². The summed E-state index contributed by atoms with van der Waals surface area (Å²) in [4.78, 5) is 46.5. The zero-order chi connectivity index (χ0) is 28.1. The fourth-order valence-corrected chi connectivity index (χ4v) is 4.14. The molecule has 14 heteroatoms. The lowest BCUT2D eigenvalue weighted by Gasteiger charge is -2.35. The van der Waals surface area contributed by atoms with Gasteiger partial charge in [0.15, 0.2) is 0 Å². The van der Waals surface area contributed by atoms with Crippen LogP contribution in [0, 0.1) is 0 Å². The van der Waals surface area contributed by atoms with Gasteiger partial charge in [0, 0.05) is 43.5 Å². The Morgan fingerprint density at radius 3 is 2.21 bits per heavy atom. The summed E-state index contributed by atoms with van der Waals surface area (Å²) in [7, 11) is 0. The number of hydrogen-bond donors (Lipinski definition) is 1. The van der Waals surface area contributed by atoms with Crippen molar-refractivity contribution in [2.45, 2.75) is 70.2 Å². The monoisotopic (exact) mass is 541 g/mol. The molecule has 2 fully saturated rings. The third kappa shape index (κ3) is 7.65. The van der Waals surface area contributed by atoms with Gasteiger partial charge in [-0.1, -0.05) is 5.16 Å². The van der Waals surface area contributed by atoms with Crippen LogP contribution in [0.4, 0.5) is 18.0 Å². The average Bonchev–Trinajstić information content (AvgIpc) is 3.54. The second kappa shape index (κ2) is 11.8. The number of aromatic nitrogens is 3. The van der Waals surface area contributed by atoms with Crippen molar-refractivity contribution < 1.29 is 41.9 Å². The van der Waals surface area contributed by atoms with Gasteiger partial charge in [0.2, 0.25) is 17.6 Å². The Kier molecular flexibility index (Phi) is 8.94. The molecule has 11 nitrogen and oxygen atoms in total. The van der Waals surface area contributed by atoms with Crippen LogP contribution in [0.25, 0.3) is 11.4 Å². The number of nitrogens with zero attached hydrogens (tertiary/aromatic N) is 5. The highest BCUT2D eigenvalue weighted by molar-refractivity contribution is 5.86. The summed E-state index contributed by atoms with van der Waals surface area (Å²) in [5, 5.41) is 11.2. The largest absolute Gasteiger partial charge is 0.490 e. The molecule has 0 bridgehead atoms. The Morgan fingerprint density at radius 1 is 1.05 bits per heavy atom. The van der Waals surface area contributed by atoms with Crippen LogP contribution in [-0.2, 0) is 14.3 Å². The van der Waals surface area contributed by atoms with E-state index in [-0.39, 0.29) is 11.8 Å². The lowest BCUT2D eigenvalue weighted by molar-refractivity contribution is -0.192. The number of amides is 2. The molecule has 4 heterocycles. The summed E-state index contributed by atoms with van der Waals surface area (Å²) in [6.45, 7) is 7.27.